The van der Waals surface area contributed by atoms with Crippen LogP contribution in [0, 0.1) is 0 Å². The number of aliphatic hydroxyl groups is 1. The number of aliphatic hydroxyl groups excluding tert-OH is 1. The smallest absolute Gasteiger partial charge is 0.339 e. The zero-order valence-electron chi connectivity index (χ0n) is 10.0. The van der Waals surface area contributed by atoms with E-state index in [-0.39, 0.29) is 28.9 Å². The summed E-state index contributed by atoms with van der Waals surface area (Å²) in [5.41, 5.74) is 0.0548. The fourth-order valence-corrected chi connectivity index (χ4v) is 1.65. The molecule has 0 saturated heterocycles. The number of carboxylic acid groups (broad SMARTS) is 2. The Morgan fingerprint density at radius 1 is 1.22 bits per heavy atom. The van der Waals surface area contributed by atoms with Crippen LogP contribution in [0.25, 0.3) is 0 Å². The van der Waals surface area contributed by atoms with Gasteiger partial charge in [-0.2, -0.15) is 0 Å². The first-order chi connectivity index (χ1) is 8.38. The number of rotatable bonds is 5. The molecule has 1 aromatic rings. The maximum Gasteiger partial charge on any atom is 0.339 e. The molecule has 1 unspecified atom stereocenters. The third kappa shape index (κ3) is 2.78. The van der Waals surface area contributed by atoms with E-state index in [9.17, 15) is 14.7 Å². The molecule has 1 aromatic carbocycles. The first-order valence-electron chi connectivity index (χ1n) is 5.35. The topological polar surface area (TPSA) is 104 Å². The van der Waals surface area contributed by atoms with Gasteiger partial charge in [-0.15, -0.1) is 0 Å². The second-order valence-electron chi connectivity index (χ2n) is 3.65. The van der Waals surface area contributed by atoms with Crippen LogP contribution in [-0.2, 0) is 6.42 Å². The van der Waals surface area contributed by atoms with Crippen molar-refractivity contribution in [3.05, 3.63) is 28.8 Å². The molecule has 98 valence electrons. The molecule has 0 heterocycles. The number of carbonyl (C=O) groups is 2. The van der Waals surface area contributed by atoms with Crippen LogP contribution < -0.4 is 4.74 Å². The minimum absolute atomic E-state index is 0.0295. The van der Waals surface area contributed by atoms with Crippen LogP contribution in [0.3, 0.4) is 0 Å². The minimum atomic E-state index is -1.24. The second kappa shape index (κ2) is 5.50. The summed E-state index contributed by atoms with van der Waals surface area (Å²) in [6, 6.07) is 2.38. The lowest BCUT2D eigenvalue weighted by atomic mass is 10.00. The first-order valence-corrected chi connectivity index (χ1v) is 5.35. The third-order valence-electron chi connectivity index (χ3n) is 2.36. The van der Waals surface area contributed by atoms with Crippen molar-refractivity contribution in [1.82, 2.24) is 0 Å². The molecule has 6 heteroatoms. The number of benzene rings is 1. The van der Waals surface area contributed by atoms with Crippen molar-refractivity contribution < 1.29 is 29.6 Å². The Bertz CT molecular complexity index is 478. The highest BCUT2D eigenvalue weighted by molar-refractivity contribution is 5.96. The summed E-state index contributed by atoms with van der Waals surface area (Å²) in [6.45, 7) is 3.00. The van der Waals surface area contributed by atoms with Crippen molar-refractivity contribution in [2.45, 2.75) is 26.6 Å². The lowest BCUT2D eigenvalue weighted by molar-refractivity contribution is -0.00201. The van der Waals surface area contributed by atoms with Crippen LogP contribution in [0.2, 0.25) is 0 Å². The van der Waals surface area contributed by atoms with Crippen LogP contribution in [0.15, 0.2) is 12.1 Å². The van der Waals surface area contributed by atoms with Gasteiger partial charge in [0.1, 0.15) is 11.3 Å². The standard InChI is InChI=1S/C12H14O6/c1-3-7-8(11(14)15)4-5-9(12(16)17)10(7)18-6(2)13/h4-6,13H,3H2,1-2H3,(H,14,15)(H,16,17). The molecule has 0 radical (unpaired) electrons. The predicted octanol–water partition coefficient (Wildman–Crippen LogP) is 1.36. The molecule has 0 aliphatic heterocycles. The van der Waals surface area contributed by atoms with E-state index < -0.39 is 18.2 Å². The molecule has 0 aliphatic rings. The average molecular weight is 254 g/mol. The summed E-state index contributed by atoms with van der Waals surface area (Å²) < 4.78 is 5.03. The molecule has 3 N–H and O–H groups in total. The highest BCUT2D eigenvalue weighted by atomic mass is 16.6. The van der Waals surface area contributed by atoms with E-state index in [1.54, 1.807) is 6.92 Å². The molecule has 0 amide bonds. The Balaban J connectivity index is 3.50. The highest BCUT2D eigenvalue weighted by Crippen LogP contribution is 2.29. The summed E-state index contributed by atoms with van der Waals surface area (Å²) in [6.07, 6.45) is -0.942. The maximum atomic E-state index is 11.0. The Morgan fingerprint density at radius 3 is 2.11 bits per heavy atom. The van der Waals surface area contributed by atoms with Gasteiger partial charge in [0.15, 0.2) is 6.29 Å². The van der Waals surface area contributed by atoms with Gasteiger partial charge in [-0.25, -0.2) is 9.59 Å². The Hall–Kier alpha value is -2.08. The summed E-state index contributed by atoms with van der Waals surface area (Å²) in [5.74, 6) is -2.50. The Labute approximate surface area is 103 Å². The normalized spacial score (nSPS) is 11.9. The van der Waals surface area contributed by atoms with Crippen LogP contribution in [-0.4, -0.2) is 33.5 Å². The summed E-state index contributed by atoms with van der Waals surface area (Å²) in [5, 5.41) is 27.2. The van der Waals surface area contributed by atoms with Gasteiger partial charge in [0.25, 0.3) is 0 Å². The van der Waals surface area contributed by atoms with Gasteiger partial charge in [0.05, 0.1) is 5.56 Å². The number of carboxylic acids is 2. The van der Waals surface area contributed by atoms with Gasteiger partial charge >= 0.3 is 11.9 Å². The molecule has 0 aromatic heterocycles. The van der Waals surface area contributed by atoms with Gasteiger partial charge in [-0.1, -0.05) is 6.92 Å². The van der Waals surface area contributed by atoms with Crippen molar-refractivity contribution in [2.75, 3.05) is 0 Å². The van der Waals surface area contributed by atoms with Crippen molar-refractivity contribution in [2.24, 2.45) is 0 Å². The van der Waals surface area contributed by atoms with Crippen molar-refractivity contribution in [3.63, 3.8) is 0 Å². The van der Waals surface area contributed by atoms with Gasteiger partial charge in [0, 0.05) is 5.56 Å². The zero-order valence-corrected chi connectivity index (χ0v) is 10.0. The fourth-order valence-electron chi connectivity index (χ4n) is 1.65. The first kappa shape index (κ1) is 14.0. The summed E-state index contributed by atoms with van der Waals surface area (Å²) in [7, 11) is 0. The zero-order chi connectivity index (χ0) is 13.9. The summed E-state index contributed by atoms with van der Waals surface area (Å²) >= 11 is 0. The quantitative estimate of drug-likeness (QED) is 0.685. The lowest BCUT2D eigenvalue weighted by Gasteiger charge is -2.16. The molecule has 0 saturated carbocycles. The molecule has 1 rings (SSSR count). The van der Waals surface area contributed by atoms with Gasteiger partial charge in [0.2, 0.25) is 0 Å². The Kier molecular flexibility index (Phi) is 4.28. The molecular weight excluding hydrogens is 240 g/mol. The third-order valence-corrected chi connectivity index (χ3v) is 2.36. The minimum Gasteiger partial charge on any atom is -0.478 e. The average Bonchev–Trinajstić information content (AvgIpc) is 2.26. The fraction of sp³-hybridized carbons (Fsp3) is 0.333. The van der Waals surface area contributed by atoms with E-state index in [1.165, 1.54) is 13.0 Å². The van der Waals surface area contributed by atoms with Crippen molar-refractivity contribution >= 4 is 11.9 Å². The highest BCUT2D eigenvalue weighted by Gasteiger charge is 2.22. The molecule has 1 atom stereocenters. The SMILES string of the molecule is CCc1c(C(=O)O)ccc(C(=O)O)c1OC(C)O. The molecule has 0 bridgehead atoms. The van der Waals surface area contributed by atoms with E-state index in [0.29, 0.717) is 0 Å². The van der Waals surface area contributed by atoms with Gasteiger partial charge < -0.3 is 20.1 Å². The van der Waals surface area contributed by atoms with Crippen molar-refractivity contribution in [3.8, 4) is 5.75 Å². The molecular formula is C12H14O6. The molecule has 0 spiro atoms. The second-order valence-corrected chi connectivity index (χ2v) is 3.65. The predicted molar refractivity (Wildman–Crippen MR) is 62.0 cm³/mol. The van der Waals surface area contributed by atoms with Crippen molar-refractivity contribution in [1.29, 1.82) is 0 Å². The number of hydrogen-bond acceptors (Lipinski definition) is 4. The molecule has 0 aliphatic carbocycles. The largest absolute Gasteiger partial charge is 0.478 e. The number of hydrogen-bond donors (Lipinski definition) is 3. The van der Waals surface area contributed by atoms with Crippen LogP contribution in [0.4, 0.5) is 0 Å². The maximum absolute atomic E-state index is 11.0. The monoisotopic (exact) mass is 254 g/mol. The Morgan fingerprint density at radius 2 is 1.72 bits per heavy atom. The van der Waals surface area contributed by atoms with Gasteiger partial charge in [-0.3, -0.25) is 0 Å². The van der Waals surface area contributed by atoms with E-state index in [2.05, 4.69) is 0 Å². The molecule has 0 fully saturated rings. The lowest BCUT2D eigenvalue weighted by Crippen LogP contribution is -2.16. The molecule has 18 heavy (non-hydrogen) atoms. The van der Waals surface area contributed by atoms with E-state index in [0.717, 1.165) is 6.07 Å². The van der Waals surface area contributed by atoms with Gasteiger partial charge in [-0.05, 0) is 25.5 Å². The molecule has 6 nitrogen and oxygen atoms in total. The van der Waals surface area contributed by atoms with Crippen LogP contribution in [0.1, 0.15) is 40.1 Å². The number of ether oxygens (including phenoxy) is 1. The van der Waals surface area contributed by atoms with Crippen LogP contribution in [0.5, 0.6) is 5.75 Å². The number of aromatic carboxylic acids is 2. The van der Waals surface area contributed by atoms with E-state index in [1.807, 2.05) is 0 Å². The van der Waals surface area contributed by atoms with E-state index >= 15 is 0 Å². The van der Waals surface area contributed by atoms with E-state index in [4.69, 9.17) is 14.9 Å². The van der Waals surface area contributed by atoms with Crippen LogP contribution >= 0.6 is 0 Å². The summed E-state index contributed by atoms with van der Waals surface area (Å²) in [4.78, 5) is 22.1.